The first-order valence-corrected chi connectivity index (χ1v) is 5.75. The molecular formula is C14H17N3. The van der Waals surface area contributed by atoms with E-state index in [-0.39, 0.29) is 5.54 Å². The van der Waals surface area contributed by atoms with Crippen molar-refractivity contribution in [1.82, 2.24) is 15.3 Å². The van der Waals surface area contributed by atoms with E-state index in [2.05, 4.69) is 53.4 Å². The molecule has 17 heavy (non-hydrogen) atoms. The second-order valence-electron chi connectivity index (χ2n) is 4.51. The van der Waals surface area contributed by atoms with E-state index in [9.17, 15) is 0 Å². The third kappa shape index (κ3) is 3.11. The number of nitrogens with zero attached hydrogens (tertiary/aromatic N) is 2. The molecule has 0 saturated heterocycles. The smallest absolute Gasteiger partial charge is 0.141 e. The molecular weight excluding hydrogens is 210 g/mol. The molecule has 2 aromatic rings. The van der Waals surface area contributed by atoms with Crippen LogP contribution in [0.1, 0.15) is 25.2 Å². The Labute approximate surface area is 102 Å². The van der Waals surface area contributed by atoms with E-state index in [1.54, 1.807) is 12.4 Å². The summed E-state index contributed by atoms with van der Waals surface area (Å²) in [5.74, 6) is 0.816. The zero-order valence-corrected chi connectivity index (χ0v) is 10.2. The summed E-state index contributed by atoms with van der Waals surface area (Å²) in [5.41, 5.74) is 1.18. The van der Waals surface area contributed by atoms with Gasteiger partial charge in [-0.05, 0) is 25.5 Å². The molecule has 0 fully saturated rings. The van der Waals surface area contributed by atoms with Crippen molar-refractivity contribution >= 4 is 0 Å². The average molecular weight is 227 g/mol. The summed E-state index contributed by atoms with van der Waals surface area (Å²) >= 11 is 0. The molecule has 0 radical (unpaired) electrons. The van der Waals surface area contributed by atoms with Crippen LogP contribution < -0.4 is 5.32 Å². The fraction of sp³-hybridized carbons (Fsp3) is 0.286. The molecule has 1 N–H and O–H groups in total. The molecule has 1 heterocycles. The van der Waals surface area contributed by atoms with Crippen molar-refractivity contribution in [1.29, 1.82) is 0 Å². The summed E-state index contributed by atoms with van der Waals surface area (Å²) in [4.78, 5) is 8.40. The Bertz CT molecular complexity index is 451. The second-order valence-corrected chi connectivity index (χ2v) is 4.51. The molecule has 1 aromatic heterocycles. The minimum atomic E-state index is -0.0829. The van der Waals surface area contributed by atoms with Gasteiger partial charge in [-0.3, -0.25) is 0 Å². The van der Waals surface area contributed by atoms with Gasteiger partial charge in [0.1, 0.15) is 5.82 Å². The Morgan fingerprint density at radius 1 is 1.00 bits per heavy atom. The van der Waals surface area contributed by atoms with E-state index in [0.29, 0.717) is 6.54 Å². The summed E-state index contributed by atoms with van der Waals surface area (Å²) < 4.78 is 0. The van der Waals surface area contributed by atoms with E-state index in [0.717, 1.165) is 5.82 Å². The summed E-state index contributed by atoms with van der Waals surface area (Å²) in [6.07, 6.45) is 3.53. The SMILES string of the molecule is CC(C)(NCc1ncccn1)c1ccccc1. The van der Waals surface area contributed by atoms with Crippen LogP contribution in [0.25, 0.3) is 0 Å². The summed E-state index contributed by atoms with van der Waals surface area (Å²) in [7, 11) is 0. The summed E-state index contributed by atoms with van der Waals surface area (Å²) in [6, 6.07) is 12.2. The predicted octanol–water partition coefficient (Wildman–Crippen LogP) is 2.50. The van der Waals surface area contributed by atoms with Gasteiger partial charge in [0.15, 0.2) is 0 Å². The fourth-order valence-electron chi connectivity index (χ4n) is 1.68. The van der Waals surface area contributed by atoms with Crippen LogP contribution in [0, 0.1) is 0 Å². The first kappa shape index (κ1) is 11.7. The van der Waals surface area contributed by atoms with Crippen LogP contribution in [-0.4, -0.2) is 9.97 Å². The number of hydrogen-bond donors (Lipinski definition) is 1. The average Bonchev–Trinajstić information content (AvgIpc) is 2.39. The normalized spacial score (nSPS) is 11.4. The lowest BCUT2D eigenvalue weighted by atomic mass is 9.94. The monoisotopic (exact) mass is 227 g/mol. The molecule has 0 spiro atoms. The van der Waals surface area contributed by atoms with Crippen LogP contribution in [-0.2, 0) is 12.1 Å². The van der Waals surface area contributed by atoms with Gasteiger partial charge in [-0.1, -0.05) is 30.3 Å². The van der Waals surface area contributed by atoms with Crippen LogP contribution >= 0.6 is 0 Å². The molecule has 0 aliphatic rings. The molecule has 0 amide bonds. The minimum absolute atomic E-state index is 0.0829. The van der Waals surface area contributed by atoms with Gasteiger partial charge in [-0.15, -0.1) is 0 Å². The molecule has 0 saturated carbocycles. The second kappa shape index (κ2) is 5.06. The van der Waals surface area contributed by atoms with Crippen LogP contribution in [0.3, 0.4) is 0 Å². The molecule has 1 aromatic carbocycles. The van der Waals surface area contributed by atoms with Gasteiger partial charge in [0, 0.05) is 17.9 Å². The van der Waals surface area contributed by atoms with Gasteiger partial charge < -0.3 is 5.32 Å². The van der Waals surface area contributed by atoms with Gasteiger partial charge >= 0.3 is 0 Å². The van der Waals surface area contributed by atoms with E-state index in [4.69, 9.17) is 0 Å². The fourth-order valence-corrected chi connectivity index (χ4v) is 1.68. The Hall–Kier alpha value is -1.74. The molecule has 3 heteroatoms. The molecule has 0 aliphatic heterocycles. The van der Waals surface area contributed by atoms with Crippen molar-refractivity contribution in [3.8, 4) is 0 Å². The Morgan fingerprint density at radius 3 is 2.29 bits per heavy atom. The molecule has 3 nitrogen and oxygen atoms in total. The van der Waals surface area contributed by atoms with Crippen LogP contribution in [0.2, 0.25) is 0 Å². The molecule has 0 atom stereocenters. The van der Waals surface area contributed by atoms with E-state index in [1.807, 2.05) is 12.1 Å². The van der Waals surface area contributed by atoms with Gasteiger partial charge in [0.25, 0.3) is 0 Å². The van der Waals surface area contributed by atoms with Crippen molar-refractivity contribution in [2.75, 3.05) is 0 Å². The Kier molecular flexibility index (Phi) is 3.49. The van der Waals surface area contributed by atoms with Gasteiger partial charge in [0.2, 0.25) is 0 Å². The highest BCUT2D eigenvalue weighted by atomic mass is 15.0. The van der Waals surface area contributed by atoms with Crippen LogP contribution in [0.15, 0.2) is 48.8 Å². The number of hydrogen-bond acceptors (Lipinski definition) is 3. The zero-order chi connectivity index (χ0) is 12.1. The number of nitrogens with one attached hydrogen (secondary N) is 1. The van der Waals surface area contributed by atoms with Crippen molar-refractivity contribution in [2.45, 2.75) is 25.9 Å². The molecule has 0 aliphatic carbocycles. The standard InChI is InChI=1S/C14H17N3/c1-14(2,12-7-4-3-5-8-12)17-11-13-15-9-6-10-16-13/h3-10,17H,11H2,1-2H3. The number of benzene rings is 1. The van der Waals surface area contributed by atoms with Crippen molar-refractivity contribution in [2.24, 2.45) is 0 Å². The number of rotatable bonds is 4. The van der Waals surface area contributed by atoms with E-state index < -0.39 is 0 Å². The molecule has 2 rings (SSSR count). The topological polar surface area (TPSA) is 37.8 Å². The van der Waals surface area contributed by atoms with E-state index in [1.165, 1.54) is 5.56 Å². The quantitative estimate of drug-likeness (QED) is 0.872. The molecule has 88 valence electrons. The van der Waals surface area contributed by atoms with Gasteiger partial charge in [-0.2, -0.15) is 0 Å². The van der Waals surface area contributed by atoms with E-state index >= 15 is 0 Å². The number of aromatic nitrogens is 2. The van der Waals surface area contributed by atoms with Crippen molar-refractivity contribution in [3.63, 3.8) is 0 Å². The van der Waals surface area contributed by atoms with Gasteiger partial charge in [0.05, 0.1) is 6.54 Å². The summed E-state index contributed by atoms with van der Waals surface area (Å²) in [6.45, 7) is 4.99. The van der Waals surface area contributed by atoms with Crippen LogP contribution in [0.4, 0.5) is 0 Å². The first-order chi connectivity index (χ1) is 8.18. The Balaban J connectivity index is 2.03. The minimum Gasteiger partial charge on any atom is -0.301 e. The maximum absolute atomic E-state index is 4.20. The zero-order valence-electron chi connectivity index (χ0n) is 10.2. The summed E-state index contributed by atoms with van der Waals surface area (Å²) in [5, 5.41) is 3.47. The highest BCUT2D eigenvalue weighted by Gasteiger charge is 2.19. The highest BCUT2D eigenvalue weighted by molar-refractivity contribution is 5.22. The highest BCUT2D eigenvalue weighted by Crippen LogP contribution is 2.19. The lowest BCUT2D eigenvalue weighted by Crippen LogP contribution is -2.36. The maximum atomic E-state index is 4.20. The largest absolute Gasteiger partial charge is 0.301 e. The first-order valence-electron chi connectivity index (χ1n) is 5.75. The lowest BCUT2D eigenvalue weighted by molar-refractivity contribution is 0.395. The van der Waals surface area contributed by atoms with Crippen molar-refractivity contribution in [3.05, 3.63) is 60.2 Å². The molecule has 0 bridgehead atoms. The predicted molar refractivity (Wildman–Crippen MR) is 68.3 cm³/mol. The maximum Gasteiger partial charge on any atom is 0.141 e. The Morgan fingerprint density at radius 2 is 1.65 bits per heavy atom. The third-order valence-corrected chi connectivity index (χ3v) is 2.80. The third-order valence-electron chi connectivity index (χ3n) is 2.80. The van der Waals surface area contributed by atoms with Crippen LogP contribution in [0.5, 0.6) is 0 Å². The molecule has 0 unspecified atom stereocenters. The lowest BCUT2D eigenvalue weighted by Gasteiger charge is -2.26. The van der Waals surface area contributed by atoms with Gasteiger partial charge in [-0.25, -0.2) is 9.97 Å². The van der Waals surface area contributed by atoms with Crippen molar-refractivity contribution < 1.29 is 0 Å².